The molecule has 7 heteroatoms. The van der Waals surface area contributed by atoms with Gasteiger partial charge in [0.05, 0.1) is 12.8 Å². The zero-order valence-electron chi connectivity index (χ0n) is 16.7. The summed E-state index contributed by atoms with van der Waals surface area (Å²) in [6.45, 7) is 4.58. The lowest BCUT2D eigenvalue weighted by Gasteiger charge is -2.36. The van der Waals surface area contributed by atoms with Gasteiger partial charge in [-0.3, -0.25) is 4.99 Å². The molecule has 3 rings (SSSR count). The molecule has 2 fully saturated rings. The fourth-order valence-corrected chi connectivity index (χ4v) is 4.61. The highest BCUT2D eigenvalue weighted by molar-refractivity contribution is 8.00. The summed E-state index contributed by atoms with van der Waals surface area (Å²) >= 11 is 1.94. The molecule has 2 aliphatic heterocycles. The molecule has 6 nitrogen and oxygen atoms in total. The van der Waals surface area contributed by atoms with Crippen LogP contribution < -0.4 is 20.3 Å². The number of anilines is 1. The Morgan fingerprint density at radius 2 is 2.15 bits per heavy atom. The number of ether oxygens (including phenoxy) is 2. The lowest BCUT2D eigenvalue weighted by atomic mass is 9.99. The zero-order valence-corrected chi connectivity index (χ0v) is 17.5. The minimum atomic E-state index is 0.245. The summed E-state index contributed by atoms with van der Waals surface area (Å²) in [6.07, 6.45) is 5.46. The van der Waals surface area contributed by atoms with E-state index < -0.39 is 0 Å². The molecule has 2 saturated heterocycles. The number of hydrogen-bond donors (Lipinski definition) is 2. The average Bonchev–Trinajstić information content (AvgIpc) is 3.20. The third kappa shape index (κ3) is 5.02. The quantitative estimate of drug-likeness (QED) is 0.573. The number of hydrogen-bond acceptors (Lipinski definition) is 5. The first-order valence-corrected chi connectivity index (χ1v) is 10.9. The van der Waals surface area contributed by atoms with Crippen LogP contribution in [-0.2, 0) is 4.74 Å². The molecule has 1 unspecified atom stereocenters. The van der Waals surface area contributed by atoms with Gasteiger partial charge in [-0.2, -0.15) is 11.8 Å². The second-order valence-electron chi connectivity index (χ2n) is 7.17. The van der Waals surface area contributed by atoms with Crippen LogP contribution in [0.4, 0.5) is 5.69 Å². The summed E-state index contributed by atoms with van der Waals surface area (Å²) in [5.41, 5.74) is 1.16. The first kappa shape index (κ1) is 20.1. The predicted octanol–water partition coefficient (Wildman–Crippen LogP) is 2.35. The van der Waals surface area contributed by atoms with Crippen LogP contribution in [0.2, 0.25) is 0 Å². The molecule has 1 atom stereocenters. The van der Waals surface area contributed by atoms with E-state index >= 15 is 0 Å². The zero-order chi connectivity index (χ0) is 19.1. The number of rotatable bonds is 6. The Hall–Kier alpha value is -1.60. The van der Waals surface area contributed by atoms with Crippen molar-refractivity contribution in [2.75, 3.05) is 58.2 Å². The van der Waals surface area contributed by atoms with Gasteiger partial charge < -0.3 is 25.0 Å². The average molecular weight is 393 g/mol. The normalized spacial score (nSPS) is 22.6. The fourth-order valence-electron chi connectivity index (χ4n) is 3.82. The van der Waals surface area contributed by atoms with Crippen LogP contribution in [0, 0.1) is 0 Å². The van der Waals surface area contributed by atoms with E-state index in [1.807, 2.05) is 30.9 Å². The van der Waals surface area contributed by atoms with E-state index in [2.05, 4.69) is 38.9 Å². The third-order valence-electron chi connectivity index (χ3n) is 5.59. The van der Waals surface area contributed by atoms with E-state index in [0.29, 0.717) is 6.04 Å². The number of para-hydroxylation sites is 2. The molecule has 1 aromatic rings. The van der Waals surface area contributed by atoms with Gasteiger partial charge in [-0.25, -0.2) is 0 Å². The summed E-state index contributed by atoms with van der Waals surface area (Å²) in [5, 5.41) is 7.15. The molecule has 2 N–H and O–H groups in total. The maximum Gasteiger partial charge on any atom is 0.191 e. The van der Waals surface area contributed by atoms with Crippen LogP contribution in [0.5, 0.6) is 5.75 Å². The Labute approximate surface area is 167 Å². The van der Waals surface area contributed by atoms with E-state index in [1.165, 1.54) is 0 Å². The molecule has 0 spiro atoms. The lowest BCUT2D eigenvalue weighted by molar-refractivity contribution is 0.0782. The Morgan fingerprint density at radius 3 is 2.85 bits per heavy atom. The largest absolute Gasteiger partial charge is 0.495 e. The van der Waals surface area contributed by atoms with E-state index in [0.717, 1.165) is 69.5 Å². The number of aliphatic imine (C=N–C) groups is 1. The van der Waals surface area contributed by atoms with Crippen molar-refractivity contribution in [2.45, 2.75) is 30.1 Å². The number of benzene rings is 1. The smallest absolute Gasteiger partial charge is 0.191 e. The highest BCUT2D eigenvalue weighted by atomic mass is 32.2. The van der Waals surface area contributed by atoms with Gasteiger partial charge in [-0.15, -0.1) is 0 Å². The molecule has 27 heavy (non-hydrogen) atoms. The van der Waals surface area contributed by atoms with Crippen molar-refractivity contribution in [3.05, 3.63) is 24.3 Å². The molecule has 150 valence electrons. The molecule has 0 aliphatic carbocycles. The third-order valence-corrected chi connectivity index (χ3v) is 7.01. The van der Waals surface area contributed by atoms with Gasteiger partial charge in [-0.05, 0) is 37.7 Å². The van der Waals surface area contributed by atoms with Crippen LogP contribution in [-0.4, -0.2) is 70.0 Å². The maximum absolute atomic E-state index is 5.54. The Morgan fingerprint density at radius 1 is 1.37 bits per heavy atom. The van der Waals surface area contributed by atoms with Gasteiger partial charge in [0.1, 0.15) is 5.75 Å². The minimum absolute atomic E-state index is 0.245. The number of nitrogens with zero attached hydrogens (tertiary/aromatic N) is 2. The molecule has 2 heterocycles. The second kappa shape index (κ2) is 9.55. The first-order chi connectivity index (χ1) is 13.2. The van der Waals surface area contributed by atoms with Crippen molar-refractivity contribution in [1.82, 2.24) is 10.6 Å². The molecule has 2 aliphatic rings. The lowest BCUT2D eigenvalue weighted by Crippen LogP contribution is -2.50. The number of guanidine groups is 1. The maximum atomic E-state index is 5.54. The molecule has 0 radical (unpaired) electrons. The number of methoxy groups -OCH3 is 1. The molecular formula is C20H32N4O2S. The van der Waals surface area contributed by atoms with Crippen molar-refractivity contribution < 1.29 is 9.47 Å². The highest BCUT2D eigenvalue weighted by Crippen LogP contribution is 2.33. The van der Waals surface area contributed by atoms with Crippen LogP contribution in [0.25, 0.3) is 0 Å². The Balaban J connectivity index is 1.53. The van der Waals surface area contributed by atoms with Gasteiger partial charge >= 0.3 is 0 Å². The minimum Gasteiger partial charge on any atom is -0.495 e. The SMILES string of the molecule is CN=C(NCC1(SC)CCOCC1)NC1CCN(c2ccccc2OC)C1. The second-order valence-corrected chi connectivity index (χ2v) is 8.45. The highest BCUT2D eigenvalue weighted by Gasteiger charge is 2.32. The number of nitrogens with one attached hydrogen (secondary N) is 2. The predicted molar refractivity (Wildman–Crippen MR) is 114 cm³/mol. The molecule has 1 aromatic carbocycles. The van der Waals surface area contributed by atoms with E-state index in [-0.39, 0.29) is 4.75 Å². The molecule has 0 amide bonds. The topological polar surface area (TPSA) is 58.1 Å². The van der Waals surface area contributed by atoms with Crippen molar-refractivity contribution in [3.63, 3.8) is 0 Å². The van der Waals surface area contributed by atoms with Crippen molar-refractivity contribution in [2.24, 2.45) is 4.99 Å². The summed E-state index contributed by atoms with van der Waals surface area (Å²) in [4.78, 5) is 6.82. The number of thioether (sulfide) groups is 1. The van der Waals surface area contributed by atoms with Crippen LogP contribution in [0.15, 0.2) is 29.3 Å². The van der Waals surface area contributed by atoms with Gasteiger partial charge in [0.15, 0.2) is 5.96 Å². The van der Waals surface area contributed by atoms with Crippen LogP contribution in [0.3, 0.4) is 0 Å². The van der Waals surface area contributed by atoms with Crippen molar-refractivity contribution in [3.8, 4) is 5.75 Å². The monoisotopic (exact) mass is 392 g/mol. The van der Waals surface area contributed by atoms with Crippen LogP contribution >= 0.6 is 11.8 Å². The summed E-state index contributed by atoms with van der Waals surface area (Å²) in [5.74, 6) is 1.82. The van der Waals surface area contributed by atoms with Gasteiger partial charge in [0, 0.05) is 50.7 Å². The summed E-state index contributed by atoms with van der Waals surface area (Å²) in [6, 6.07) is 8.60. The molecule has 0 saturated carbocycles. The van der Waals surface area contributed by atoms with Crippen molar-refractivity contribution >= 4 is 23.4 Å². The van der Waals surface area contributed by atoms with E-state index in [9.17, 15) is 0 Å². The van der Waals surface area contributed by atoms with E-state index in [1.54, 1.807) is 7.11 Å². The Kier molecular flexibility index (Phi) is 7.13. The van der Waals surface area contributed by atoms with Crippen molar-refractivity contribution in [1.29, 1.82) is 0 Å². The van der Waals surface area contributed by atoms with E-state index in [4.69, 9.17) is 9.47 Å². The molecule has 0 aromatic heterocycles. The van der Waals surface area contributed by atoms with Crippen LogP contribution in [0.1, 0.15) is 19.3 Å². The molecular weight excluding hydrogens is 360 g/mol. The molecule has 0 bridgehead atoms. The fraction of sp³-hybridized carbons (Fsp3) is 0.650. The summed E-state index contributed by atoms with van der Waals surface area (Å²) in [7, 11) is 3.58. The van der Waals surface area contributed by atoms with Gasteiger partial charge in [0.25, 0.3) is 0 Å². The standard InChI is InChI=1S/C20H32N4O2S/c1-21-19(22-15-20(27-3)9-12-26-13-10-20)23-16-8-11-24(14-16)17-6-4-5-7-18(17)25-2/h4-7,16H,8-15H2,1-3H3,(H2,21,22,23). The van der Waals surface area contributed by atoms with Gasteiger partial charge in [0.2, 0.25) is 0 Å². The Bertz CT molecular complexity index is 634. The summed E-state index contributed by atoms with van der Waals surface area (Å²) < 4.78 is 11.3. The first-order valence-electron chi connectivity index (χ1n) is 9.68. The van der Waals surface area contributed by atoms with Gasteiger partial charge in [-0.1, -0.05) is 12.1 Å².